The summed E-state index contributed by atoms with van der Waals surface area (Å²) in [6.07, 6.45) is 3.40. The highest BCUT2D eigenvalue weighted by Crippen LogP contribution is 2.18. The molecule has 2 aromatic rings. The summed E-state index contributed by atoms with van der Waals surface area (Å²) in [5.41, 5.74) is 2.23. The second kappa shape index (κ2) is 11.6. The molecule has 28 heavy (non-hydrogen) atoms. The fourth-order valence-electron chi connectivity index (χ4n) is 2.51. The normalized spacial score (nSPS) is 10.2. The van der Waals surface area contributed by atoms with Crippen LogP contribution in [0.15, 0.2) is 48.5 Å². The minimum atomic E-state index is -0.153. The molecule has 0 fully saturated rings. The monoisotopic (exact) mass is 383 g/mol. The molecular formula is C22H29N3O3. The van der Waals surface area contributed by atoms with Crippen LogP contribution in [0, 0.1) is 0 Å². The van der Waals surface area contributed by atoms with E-state index in [4.69, 9.17) is 4.74 Å². The van der Waals surface area contributed by atoms with Crippen molar-refractivity contribution in [2.24, 2.45) is 0 Å². The van der Waals surface area contributed by atoms with Crippen molar-refractivity contribution in [2.75, 3.05) is 29.1 Å². The first-order valence-electron chi connectivity index (χ1n) is 9.77. The maximum Gasteiger partial charge on any atom is 0.243 e. The van der Waals surface area contributed by atoms with Gasteiger partial charge in [0.1, 0.15) is 5.75 Å². The number of carbonyl (C=O) groups excluding carboxylic acids is 2. The molecular weight excluding hydrogens is 354 g/mol. The van der Waals surface area contributed by atoms with E-state index in [1.165, 1.54) is 0 Å². The fourth-order valence-corrected chi connectivity index (χ4v) is 2.51. The Labute approximate surface area is 166 Å². The van der Waals surface area contributed by atoms with Crippen molar-refractivity contribution < 1.29 is 14.3 Å². The van der Waals surface area contributed by atoms with E-state index < -0.39 is 0 Å². The molecule has 2 rings (SSSR count). The molecule has 0 aliphatic rings. The van der Waals surface area contributed by atoms with Gasteiger partial charge < -0.3 is 20.7 Å². The number of rotatable bonds is 11. The van der Waals surface area contributed by atoms with Crippen LogP contribution in [0.4, 0.5) is 17.1 Å². The van der Waals surface area contributed by atoms with Gasteiger partial charge in [-0.05, 0) is 49.2 Å². The summed E-state index contributed by atoms with van der Waals surface area (Å²) in [5.74, 6) is 0.629. The summed E-state index contributed by atoms with van der Waals surface area (Å²) < 4.78 is 5.67. The standard InChI is InChI=1S/C22H29N3O3/c1-3-5-14-28-20-9-6-8-19(15-20)23-16-22(27)25-18-12-10-17(11-13-18)24-21(26)7-4-2/h6,8-13,15,23H,3-5,7,14,16H2,1-2H3,(H,24,26)(H,25,27). The molecule has 0 bridgehead atoms. The van der Waals surface area contributed by atoms with Gasteiger partial charge in [-0.3, -0.25) is 9.59 Å². The van der Waals surface area contributed by atoms with E-state index in [0.29, 0.717) is 18.7 Å². The lowest BCUT2D eigenvalue weighted by Crippen LogP contribution is -2.21. The Kier molecular flexibility index (Phi) is 8.85. The van der Waals surface area contributed by atoms with E-state index in [0.717, 1.165) is 36.4 Å². The number of nitrogens with one attached hydrogen (secondary N) is 3. The molecule has 6 nitrogen and oxygen atoms in total. The third kappa shape index (κ3) is 7.70. The minimum absolute atomic E-state index is 0.00982. The summed E-state index contributed by atoms with van der Waals surface area (Å²) in [5, 5.41) is 8.74. The summed E-state index contributed by atoms with van der Waals surface area (Å²) in [4.78, 5) is 23.7. The van der Waals surface area contributed by atoms with E-state index in [1.807, 2.05) is 31.2 Å². The molecule has 2 amide bonds. The molecule has 0 aliphatic heterocycles. The van der Waals surface area contributed by atoms with Crippen LogP contribution in [-0.2, 0) is 9.59 Å². The summed E-state index contributed by atoms with van der Waals surface area (Å²) in [7, 11) is 0. The van der Waals surface area contributed by atoms with Crippen LogP contribution in [-0.4, -0.2) is 25.0 Å². The molecule has 0 heterocycles. The largest absolute Gasteiger partial charge is 0.494 e. The lowest BCUT2D eigenvalue weighted by molar-refractivity contribution is -0.116. The van der Waals surface area contributed by atoms with Crippen LogP contribution in [0.5, 0.6) is 5.75 Å². The van der Waals surface area contributed by atoms with Crippen molar-refractivity contribution >= 4 is 28.9 Å². The average Bonchev–Trinajstić information content (AvgIpc) is 2.69. The first-order valence-corrected chi connectivity index (χ1v) is 9.77. The first kappa shape index (κ1) is 21.3. The summed E-state index contributed by atoms with van der Waals surface area (Å²) in [6.45, 7) is 4.92. The van der Waals surface area contributed by atoms with Gasteiger partial charge >= 0.3 is 0 Å². The van der Waals surface area contributed by atoms with Gasteiger partial charge in [-0.1, -0.05) is 26.3 Å². The maximum absolute atomic E-state index is 12.2. The zero-order chi connectivity index (χ0) is 20.2. The van der Waals surface area contributed by atoms with E-state index in [-0.39, 0.29) is 18.4 Å². The molecule has 0 radical (unpaired) electrons. The quantitative estimate of drug-likeness (QED) is 0.493. The maximum atomic E-state index is 12.2. The number of anilines is 3. The Morgan fingerprint density at radius 2 is 1.54 bits per heavy atom. The third-order valence-corrected chi connectivity index (χ3v) is 3.98. The van der Waals surface area contributed by atoms with Crippen LogP contribution in [0.3, 0.4) is 0 Å². The van der Waals surface area contributed by atoms with Gasteiger partial charge in [0.25, 0.3) is 0 Å². The summed E-state index contributed by atoms with van der Waals surface area (Å²) >= 11 is 0. The van der Waals surface area contributed by atoms with E-state index >= 15 is 0 Å². The minimum Gasteiger partial charge on any atom is -0.494 e. The zero-order valence-electron chi connectivity index (χ0n) is 16.6. The molecule has 0 atom stereocenters. The lowest BCUT2D eigenvalue weighted by atomic mass is 10.2. The molecule has 6 heteroatoms. The number of amides is 2. The van der Waals surface area contributed by atoms with Crippen molar-refractivity contribution in [1.82, 2.24) is 0 Å². The number of benzene rings is 2. The number of hydrogen-bond acceptors (Lipinski definition) is 4. The molecule has 0 saturated carbocycles. The predicted octanol–water partition coefficient (Wildman–Crippen LogP) is 4.65. The molecule has 0 aromatic heterocycles. The highest BCUT2D eigenvalue weighted by molar-refractivity contribution is 5.94. The van der Waals surface area contributed by atoms with Gasteiger partial charge in [0.15, 0.2) is 0 Å². The van der Waals surface area contributed by atoms with Crippen LogP contribution in [0.1, 0.15) is 39.5 Å². The SMILES string of the molecule is CCCCOc1cccc(NCC(=O)Nc2ccc(NC(=O)CCC)cc2)c1. The Morgan fingerprint density at radius 1 is 0.857 bits per heavy atom. The highest BCUT2D eigenvalue weighted by Gasteiger charge is 2.05. The molecule has 0 saturated heterocycles. The van der Waals surface area contributed by atoms with Gasteiger partial charge in [-0.15, -0.1) is 0 Å². The Morgan fingerprint density at radius 3 is 2.18 bits per heavy atom. The van der Waals surface area contributed by atoms with E-state index in [9.17, 15) is 9.59 Å². The predicted molar refractivity (Wildman–Crippen MR) is 114 cm³/mol. The topological polar surface area (TPSA) is 79.5 Å². The molecule has 150 valence electrons. The fraction of sp³-hybridized carbons (Fsp3) is 0.364. The molecule has 0 unspecified atom stereocenters. The van der Waals surface area contributed by atoms with Crippen molar-refractivity contribution in [3.63, 3.8) is 0 Å². The number of carbonyl (C=O) groups is 2. The van der Waals surface area contributed by atoms with E-state index in [1.54, 1.807) is 24.3 Å². The van der Waals surface area contributed by atoms with Crippen LogP contribution >= 0.6 is 0 Å². The van der Waals surface area contributed by atoms with Crippen LogP contribution in [0.2, 0.25) is 0 Å². The van der Waals surface area contributed by atoms with Crippen molar-refractivity contribution in [3.05, 3.63) is 48.5 Å². The summed E-state index contributed by atoms with van der Waals surface area (Å²) in [6, 6.07) is 14.7. The number of hydrogen-bond donors (Lipinski definition) is 3. The van der Waals surface area contributed by atoms with Gasteiger partial charge in [-0.25, -0.2) is 0 Å². The third-order valence-electron chi connectivity index (χ3n) is 3.98. The smallest absolute Gasteiger partial charge is 0.243 e. The lowest BCUT2D eigenvalue weighted by Gasteiger charge is -2.11. The molecule has 3 N–H and O–H groups in total. The Hall–Kier alpha value is -3.02. The van der Waals surface area contributed by atoms with Gasteiger partial charge in [0, 0.05) is 29.5 Å². The second-order valence-electron chi connectivity index (χ2n) is 6.51. The van der Waals surface area contributed by atoms with Crippen molar-refractivity contribution in [2.45, 2.75) is 39.5 Å². The van der Waals surface area contributed by atoms with Gasteiger partial charge in [-0.2, -0.15) is 0 Å². The first-order chi connectivity index (χ1) is 13.6. The van der Waals surface area contributed by atoms with Gasteiger partial charge in [0.2, 0.25) is 11.8 Å². The number of ether oxygens (including phenoxy) is 1. The van der Waals surface area contributed by atoms with Crippen molar-refractivity contribution in [1.29, 1.82) is 0 Å². The van der Waals surface area contributed by atoms with Crippen molar-refractivity contribution in [3.8, 4) is 5.75 Å². The molecule has 2 aromatic carbocycles. The van der Waals surface area contributed by atoms with Crippen LogP contribution in [0.25, 0.3) is 0 Å². The number of unbranched alkanes of at least 4 members (excludes halogenated alkanes) is 1. The highest BCUT2D eigenvalue weighted by atomic mass is 16.5. The molecule has 0 spiro atoms. The Bertz CT molecular complexity index is 760. The van der Waals surface area contributed by atoms with Gasteiger partial charge in [0.05, 0.1) is 13.2 Å². The zero-order valence-corrected chi connectivity index (χ0v) is 16.6. The molecule has 0 aliphatic carbocycles. The second-order valence-corrected chi connectivity index (χ2v) is 6.51. The average molecular weight is 383 g/mol. The Balaban J connectivity index is 1.79. The van der Waals surface area contributed by atoms with Crippen LogP contribution < -0.4 is 20.7 Å². The van der Waals surface area contributed by atoms with E-state index in [2.05, 4.69) is 22.9 Å².